The van der Waals surface area contributed by atoms with Gasteiger partial charge in [-0.1, -0.05) is 6.07 Å². The van der Waals surface area contributed by atoms with Crippen LogP contribution in [-0.4, -0.2) is 32.7 Å². The first-order valence-corrected chi connectivity index (χ1v) is 8.73. The number of nitrogens with zero attached hydrogens (tertiary/aromatic N) is 1. The van der Waals surface area contributed by atoms with Crippen LogP contribution in [0, 0.1) is 13.8 Å². The van der Waals surface area contributed by atoms with Crippen molar-refractivity contribution < 1.29 is 17.6 Å². The molecule has 2 aromatic rings. The van der Waals surface area contributed by atoms with Gasteiger partial charge in [-0.2, -0.15) is 0 Å². The van der Waals surface area contributed by atoms with Gasteiger partial charge < -0.3 is 9.73 Å². The predicted molar refractivity (Wildman–Crippen MR) is 93.2 cm³/mol. The Morgan fingerprint density at radius 2 is 1.88 bits per heavy atom. The van der Waals surface area contributed by atoms with Gasteiger partial charge in [0.2, 0.25) is 15.9 Å². The molecule has 6 nitrogen and oxygen atoms in total. The van der Waals surface area contributed by atoms with Crippen molar-refractivity contribution in [1.82, 2.24) is 4.31 Å². The van der Waals surface area contributed by atoms with E-state index >= 15 is 0 Å². The van der Waals surface area contributed by atoms with Gasteiger partial charge in [0, 0.05) is 25.9 Å². The van der Waals surface area contributed by atoms with Crippen LogP contribution in [0.5, 0.6) is 0 Å². The Bertz CT molecular complexity index is 880. The van der Waals surface area contributed by atoms with Crippen LogP contribution in [0.15, 0.2) is 45.7 Å². The fourth-order valence-corrected chi connectivity index (χ4v) is 3.18. The van der Waals surface area contributed by atoms with Gasteiger partial charge in [-0.25, -0.2) is 12.7 Å². The molecule has 1 N–H and O–H groups in total. The molecule has 0 spiro atoms. The molecule has 128 valence electrons. The molecule has 1 amide bonds. The van der Waals surface area contributed by atoms with Gasteiger partial charge in [0.05, 0.1) is 4.90 Å². The Hall–Kier alpha value is -2.38. The van der Waals surface area contributed by atoms with Crippen LogP contribution in [0.2, 0.25) is 0 Å². The highest BCUT2D eigenvalue weighted by atomic mass is 32.2. The van der Waals surface area contributed by atoms with E-state index in [-0.39, 0.29) is 10.8 Å². The Morgan fingerprint density at radius 3 is 2.46 bits per heavy atom. The summed E-state index contributed by atoms with van der Waals surface area (Å²) in [6.45, 7) is 3.53. The summed E-state index contributed by atoms with van der Waals surface area (Å²) < 4.78 is 31.1. The minimum atomic E-state index is -3.57. The lowest BCUT2D eigenvalue weighted by molar-refractivity contribution is -0.111. The molecule has 0 aliphatic carbocycles. The molecule has 1 aromatic carbocycles. The van der Waals surface area contributed by atoms with Gasteiger partial charge >= 0.3 is 0 Å². The molecule has 1 heterocycles. The summed E-state index contributed by atoms with van der Waals surface area (Å²) in [6, 6.07) is 8.33. The minimum absolute atomic E-state index is 0.163. The Balaban J connectivity index is 2.18. The number of nitrogens with one attached hydrogen (secondary N) is 1. The van der Waals surface area contributed by atoms with Crippen LogP contribution in [0.3, 0.4) is 0 Å². The van der Waals surface area contributed by atoms with Crippen LogP contribution in [-0.2, 0) is 14.8 Å². The zero-order chi connectivity index (χ0) is 17.9. The van der Waals surface area contributed by atoms with Crippen molar-refractivity contribution in [3.63, 3.8) is 0 Å². The van der Waals surface area contributed by atoms with Crippen molar-refractivity contribution >= 4 is 27.7 Å². The third kappa shape index (κ3) is 4.12. The number of amides is 1. The quantitative estimate of drug-likeness (QED) is 0.843. The van der Waals surface area contributed by atoms with Crippen LogP contribution in [0.1, 0.15) is 17.1 Å². The fourth-order valence-electron chi connectivity index (χ4n) is 2.04. The molecular weight excluding hydrogens is 328 g/mol. The van der Waals surface area contributed by atoms with Gasteiger partial charge in [-0.05, 0) is 49.8 Å². The lowest BCUT2D eigenvalue weighted by Crippen LogP contribution is -2.23. The summed E-state index contributed by atoms with van der Waals surface area (Å²) >= 11 is 0. The van der Waals surface area contributed by atoms with Crippen molar-refractivity contribution in [2.45, 2.75) is 18.7 Å². The van der Waals surface area contributed by atoms with Gasteiger partial charge in [-0.3, -0.25) is 4.79 Å². The molecule has 24 heavy (non-hydrogen) atoms. The smallest absolute Gasteiger partial charge is 0.248 e. The van der Waals surface area contributed by atoms with E-state index in [0.717, 1.165) is 10.1 Å². The maximum atomic E-state index is 12.3. The number of hydrogen-bond donors (Lipinski definition) is 1. The second-order valence-electron chi connectivity index (χ2n) is 5.54. The molecule has 0 radical (unpaired) electrons. The molecule has 1 aromatic heterocycles. The van der Waals surface area contributed by atoms with Crippen LogP contribution in [0.25, 0.3) is 6.08 Å². The lowest BCUT2D eigenvalue weighted by atomic mass is 10.2. The molecule has 0 saturated carbocycles. The number of sulfonamides is 1. The number of furan rings is 1. The Morgan fingerprint density at radius 1 is 1.17 bits per heavy atom. The van der Waals surface area contributed by atoms with Gasteiger partial charge in [0.25, 0.3) is 0 Å². The third-order valence-corrected chi connectivity index (χ3v) is 5.33. The van der Waals surface area contributed by atoms with Crippen molar-refractivity contribution in [3.05, 3.63) is 53.5 Å². The second-order valence-corrected chi connectivity index (χ2v) is 7.66. The Labute approximate surface area is 141 Å². The average Bonchev–Trinajstić information content (AvgIpc) is 2.92. The van der Waals surface area contributed by atoms with Crippen molar-refractivity contribution in [1.29, 1.82) is 0 Å². The normalized spacial score (nSPS) is 12.0. The van der Waals surface area contributed by atoms with Gasteiger partial charge in [0.15, 0.2) is 0 Å². The summed E-state index contributed by atoms with van der Waals surface area (Å²) in [6.07, 6.45) is 2.88. The van der Waals surface area contributed by atoms with E-state index in [2.05, 4.69) is 5.32 Å². The largest absolute Gasteiger partial charge is 0.462 e. The topological polar surface area (TPSA) is 79.6 Å². The number of carbonyl (C=O) groups is 1. The van der Waals surface area contributed by atoms with E-state index in [9.17, 15) is 13.2 Å². The number of rotatable bonds is 5. The first-order chi connectivity index (χ1) is 11.2. The standard InChI is InChI=1S/C17H20N2O4S/c1-12-5-7-14(11-16(12)24(21,22)19(3)4)18-17(20)10-9-15-8-6-13(2)23-15/h5-11H,1-4H3,(H,18,20)/b10-9+. The maximum Gasteiger partial charge on any atom is 0.248 e. The predicted octanol–water partition coefficient (Wildman–Crippen LogP) is 2.80. The van der Waals surface area contributed by atoms with Crippen LogP contribution >= 0.6 is 0 Å². The van der Waals surface area contributed by atoms with E-state index in [1.54, 1.807) is 37.3 Å². The highest BCUT2D eigenvalue weighted by Crippen LogP contribution is 2.22. The number of anilines is 1. The van der Waals surface area contributed by atoms with E-state index in [1.165, 1.54) is 26.2 Å². The van der Waals surface area contributed by atoms with Crippen molar-refractivity contribution in [2.24, 2.45) is 0 Å². The average molecular weight is 348 g/mol. The highest BCUT2D eigenvalue weighted by Gasteiger charge is 2.20. The molecule has 0 saturated heterocycles. The van der Waals surface area contributed by atoms with Crippen LogP contribution < -0.4 is 5.32 Å². The zero-order valence-corrected chi connectivity index (χ0v) is 14.8. The molecule has 0 aliphatic rings. The molecule has 7 heteroatoms. The second kappa shape index (κ2) is 7.02. The summed E-state index contributed by atoms with van der Waals surface area (Å²) in [5, 5.41) is 2.65. The third-order valence-electron chi connectivity index (χ3n) is 3.37. The fraction of sp³-hybridized carbons (Fsp3) is 0.235. The first-order valence-electron chi connectivity index (χ1n) is 7.29. The molecule has 0 atom stereocenters. The Kier molecular flexibility index (Phi) is 5.26. The van der Waals surface area contributed by atoms with Gasteiger partial charge in [0.1, 0.15) is 11.5 Å². The van der Waals surface area contributed by atoms with E-state index in [1.807, 2.05) is 6.92 Å². The summed E-state index contributed by atoms with van der Waals surface area (Å²) in [5.74, 6) is 0.954. The molecule has 0 unspecified atom stereocenters. The number of hydrogen-bond acceptors (Lipinski definition) is 4. The summed E-state index contributed by atoms with van der Waals surface area (Å²) in [7, 11) is -0.637. The number of carbonyl (C=O) groups excluding carboxylic acids is 1. The molecule has 0 bridgehead atoms. The van der Waals surface area contributed by atoms with Crippen LogP contribution in [0.4, 0.5) is 5.69 Å². The molecule has 0 aliphatic heterocycles. The van der Waals surface area contributed by atoms with Gasteiger partial charge in [-0.15, -0.1) is 0 Å². The summed E-state index contributed by atoms with van der Waals surface area (Å²) in [4.78, 5) is 12.1. The minimum Gasteiger partial charge on any atom is -0.462 e. The monoisotopic (exact) mass is 348 g/mol. The molecule has 2 rings (SSSR count). The van der Waals surface area contributed by atoms with Crippen molar-refractivity contribution in [3.8, 4) is 0 Å². The van der Waals surface area contributed by atoms with E-state index < -0.39 is 10.0 Å². The van der Waals surface area contributed by atoms with E-state index in [4.69, 9.17) is 4.42 Å². The maximum absolute atomic E-state index is 12.3. The SMILES string of the molecule is Cc1ccc(/C=C/C(=O)Nc2ccc(C)c(S(=O)(=O)N(C)C)c2)o1. The van der Waals surface area contributed by atoms with Crippen molar-refractivity contribution in [2.75, 3.05) is 19.4 Å². The number of aryl methyl sites for hydroxylation is 2. The zero-order valence-electron chi connectivity index (χ0n) is 14.0. The first kappa shape index (κ1) is 18.0. The lowest BCUT2D eigenvalue weighted by Gasteiger charge is -2.14. The molecular formula is C17H20N2O4S. The number of benzene rings is 1. The van der Waals surface area contributed by atoms with E-state index in [0.29, 0.717) is 17.0 Å². The molecule has 0 fully saturated rings. The highest BCUT2D eigenvalue weighted by molar-refractivity contribution is 7.89. The summed E-state index contributed by atoms with van der Waals surface area (Å²) in [5.41, 5.74) is 1.02.